The molecule has 0 radical (unpaired) electrons. The van der Waals surface area contributed by atoms with E-state index in [1.165, 1.54) is 6.33 Å². The van der Waals surface area contributed by atoms with Crippen LogP contribution in [0.1, 0.15) is 5.69 Å². The molecule has 1 unspecified atom stereocenters. The summed E-state index contributed by atoms with van der Waals surface area (Å²) >= 11 is 3.47. The van der Waals surface area contributed by atoms with E-state index in [-0.39, 0.29) is 6.10 Å². The van der Waals surface area contributed by atoms with E-state index in [2.05, 4.69) is 35.9 Å². The molecule has 0 saturated carbocycles. The largest absolute Gasteiger partial charge is 0.374 e. The summed E-state index contributed by atoms with van der Waals surface area (Å²) in [7, 11) is 0. The van der Waals surface area contributed by atoms with Crippen LogP contribution in [0.15, 0.2) is 12.4 Å². The van der Waals surface area contributed by atoms with E-state index in [9.17, 15) is 0 Å². The third-order valence-electron chi connectivity index (χ3n) is 3.00. The summed E-state index contributed by atoms with van der Waals surface area (Å²) in [6.07, 6.45) is 1.75. The van der Waals surface area contributed by atoms with E-state index < -0.39 is 0 Å². The maximum absolute atomic E-state index is 5.65. The molecule has 0 amide bonds. The van der Waals surface area contributed by atoms with Gasteiger partial charge in [-0.2, -0.15) is 14.6 Å². The molecule has 7 heteroatoms. The smallest absolute Gasteiger partial charge is 0.254 e. The Labute approximate surface area is 113 Å². The predicted molar refractivity (Wildman–Crippen MR) is 71.3 cm³/mol. The molecule has 6 nitrogen and oxygen atoms in total. The Morgan fingerprint density at radius 1 is 1.56 bits per heavy atom. The molecule has 1 aliphatic heterocycles. The van der Waals surface area contributed by atoms with Crippen LogP contribution < -0.4 is 4.90 Å². The van der Waals surface area contributed by atoms with Crippen molar-refractivity contribution < 1.29 is 4.74 Å². The minimum Gasteiger partial charge on any atom is -0.374 e. The van der Waals surface area contributed by atoms with Crippen molar-refractivity contribution in [1.82, 2.24) is 19.6 Å². The summed E-state index contributed by atoms with van der Waals surface area (Å²) in [6, 6.07) is 2.04. The highest BCUT2D eigenvalue weighted by Gasteiger charge is 2.22. The van der Waals surface area contributed by atoms with Crippen LogP contribution in [0.5, 0.6) is 0 Å². The summed E-state index contributed by atoms with van der Waals surface area (Å²) in [6.45, 7) is 4.42. The van der Waals surface area contributed by atoms with Gasteiger partial charge in [0.15, 0.2) is 0 Å². The molecule has 18 heavy (non-hydrogen) atoms. The number of fused-ring (bicyclic) bond motifs is 1. The number of hydrogen-bond donors (Lipinski definition) is 0. The highest BCUT2D eigenvalue weighted by Crippen LogP contribution is 2.19. The predicted octanol–water partition coefficient (Wildman–Crippen LogP) is 1.03. The first-order chi connectivity index (χ1) is 8.78. The van der Waals surface area contributed by atoms with Crippen LogP contribution in [0.4, 0.5) is 5.82 Å². The Morgan fingerprint density at radius 3 is 3.28 bits per heavy atom. The first kappa shape index (κ1) is 11.9. The second kappa shape index (κ2) is 4.81. The van der Waals surface area contributed by atoms with Gasteiger partial charge >= 0.3 is 0 Å². The zero-order valence-corrected chi connectivity index (χ0v) is 11.7. The molecule has 2 aromatic heterocycles. The van der Waals surface area contributed by atoms with Crippen LogP contribution in [-0.4, -0.2) is 50.7 Å². The van der Waals surface area contributed by atoms with Crippen LogP contribution >= 0.6 is 15.9 Å². The fraction of sp³-hybridized carbons (Fsp3) is 0.545. The van der Waals surface area contributed by atoms with Crippen molar-refractivity contribution in [1.29, 1.82) is 0 Å². The molecule has 0 aromatic carbocycles. The quantitative estimate of drug-likeness (QED) is 0.776. The monoisotopic (exact) mass is 311 g/mol. The molecule has 1 atom stereocenters. The molecule has 3 heterocycles. The van der Waals surface area contributed by atoms with Gasteiger partial charge in [0.05, 0.1) is 12.7 Å². The molecular formula is C11H14BrN5O. The number of rotatable bonds is 2. The first-order valence-corrected chi connectivity index (χ1v) is 7.00. The number of alkyl halides is 1. The van der Waals surface area contributed by atoms with E-state index in [0.717, 1.165) is 36.5 Å². The van der Waals surface area contributed by atoms with E-state index >= 15 is 0 Å². The highest BCUT2D eigenvalue weighted by atomic mass is 79.9. The number of ether oxygens (including phenoxy) is 1. The highest BCUT2D eigenvalue weighted by molar-refractivity contribution is 9.09. The van der Waals surface area contributed by atoms with Gasteiger partial charge in [0.1, 0.15) is 12.1 Å². The third kappa shape index (κ3) is 2.08. The summed E-state index contributed by atoms with van der Waals surface area (Å²) in [5.41, 5.74) is 0.951. The lowest BCUT2D eigenvalue weighted by Gasteiger charge is -2.33. The lowest BCUT2D eigenvalue weighted by atomic mass is 10.3. The van der Waals surface area contributed by atoms with Crippen molar-refractivity contribution in [2.24, 2.45) is 0 Å². The topological polar surface area (TPSA) is 55.6 Å². The average molecular weight is 312 g/mol. The molecule has 0 N–H and O–H groups in total. The van der Waals surface area contributed by atoms with Gasteiger partial charge in [0.25, 0.3) is 5.78 Å². The Morgan fingerprint density at radius 2 is 2.44 bits per heavy atom. The Bertz CT molecular complexity index is 557. The summed E-state index contributed by atoms with van der Waals surface area (Å²) in [4.78, 5) is 10.8. The first-order valence-electron chi connectivity index (χ1n) is 5.88. The van der Waals surface area contributed by atoms with Crippen LogP contribution in [-0.2, 0) is 4.74 Å². The van der Waals surface area contributed by atoms with Gasteiger partial charge in [-0.3, -0.25) is 0 Å². The number of hydrogen-bond acceptors (Lipinski definition) is 5. The number of morpholine rings is 1. The maximum Gasteiger partial charge on any atom is 0.254 e. The summed E-state index contributed by atoms with van der Waals surface area (Å²) in [5.74, 6) is 1.68. The van der Waals surface area contributed by atoms with Gasteiger partial charge in [-0.05, 0) is 6.92 Å². The molecule has 3 rings (SSSR count). The van der Waals surface area contributed by atoms with E-state index in [4.69, 9.17) is 4.74 Å². The fourth-order valence-electron chi connectivity index (χ4n) is 2.16. The van der Waals surface area contributed by atoms with Crippen molar-refractivity contribution in [3.05, 3.63) is 18.1 Å². The molecule has 96 valence electrons. The molecule has 1 saturated heterocycles. The standard InChI is InChI=1S/C11H14BrN5O/c1-8-4-10(17-11(15-8)13-7-14-17)16-2-3-18-9(5-12)6-16/h4,7,9H,2-3,5-6H2,1H3. The molecule has 2 aromatic rings. The van der Waals surface area contributed by atoms with Crippen LogP contribution in [0.25, 0.3) is 5.78 Å². The number of anilines is 1. The van der Waals surface area contributed by atoms with Gasteiger partial charge < -0.3 is 9.64 Å². The second-order valence-corrected chi connectivity index (χ2v) is 4.97. The van der Waals surface area contributed by atoms with E-state index in [0.29, 0.717) is 5.78 Å². The molecule has 0 aliphatic carbocycles. The normalized spacial score (nSPS) is 20.6. The molecule has 0 spiro atoms. The SMILES string of the molecule is Cc1cc(N2CCOC(CBr)C2)n2ncnc2n1. The van der Waals surface area contributed by atoms with Gasteiger partial charge in [-0.25, -0.2) is 4.98 Å². The number of nitrogens with zero attached hydrogens (tertiary/aromatic N) is 5. The van der Waals surface area contributed by atoms with E-state index in [1.807, 2.05) is 13.0 Å². The minimum atomic E-state index is 0.214. The second-order valence-electron chi connectivity index (χ2n) is 4.32. The van der Waals surface area contributed by atoms with Gasteiger partial charge in [0, 0.05) is 30.2 Å². The van der Waals surface area contributed by atoms with Crippen LogP contribution in [0, 0.1) is 6.92 Å². The number of aryl methyl sites for hydroxylation is 1. The molecule has 1 fully saturated rings. The zero-order valence-electron chi connectivity index (χ0n) is 10.1. The van der Waals surface area contributed by atoms with Gasteiger partial charge in [-0.15, -0.1) is 0 Å². The fourth-order valence-corrected chi connectivity index (χ4v) is 2.55. The zero-order chi connectivity index (χ0) is 12.5. The molecule has 0 bridgehead atoms. The van der Waals surface area contributed by atoms with Crippen molar-refractivity contribution in [2.75, 3.05) is 29.9 Å². The van der Waals surface area contributed by atoms with Crippen molar-refractivity contribution in [2.45, 2.75) is 13.0 Å². The maximum atomic E-state index is 5.65. The van der Waals surface area contributed by atoms with Crippen LogP contribution in [0.2, 0.25) is 0 Å². The number of halogens is 1. The Kier molecular flexibility index (Phi) is 3.17. The molecular weight excluding hydrogens is 298 g/mol. The lowest BCUT2D eigenvalue weighted by Crippen LogP contribution is -2.44. The number of aromatic nitrogens is 4. The lowest BCUT2D eigenvalue weighted by molar-refractivity contribution is 0.0566. The van der Waals surface area contributed by atoms with Crippen molar-refractivity contribution in [3.63, 3.8) is 0 Å². The Balaban J connectivity index is 2.00. The van der Waals surface area contributed by atoms with E-state index in [1.54, 1.807) is 4.52 Å². The van der Waals surface area contributed by atoms with Crippen LogP contribution in [0.3, 0.4) is 0 Å². The molecule has 1 aliphatic rings. The minimum absolute atomic E-state index is 0.214. The third-order valence-corrected chi connectivity index (χ3v) is 3.72. The van der Waals surface area contributed by atoms with Crippen molar-refractivity contribution in [3.8, 4) is 0 Å². The van der Waals surface area contributed by atoms with Crippen molar-refractivity contribution >= 4 is 27.5 Å². The summed E-state index contributed by atoms with van der Waals surface area (Å²) in [5, 5.41) is 5.08. The van der Waals surface area contributed by atoms with Gasteiger partial charge in [-0.1, -0.05) is 15.9 Å². The van der Waals surface area contributed by atoms with Gasteiger partial charge in [0.2, 0.25) is 0 Å². The Hall–Kier alpha value is -1.21. The average Bonchev–Trinajstić information content (AvgIpc) is 2.85. The summed E-state index contributed by atoms with van der Waals surface area (Å²) < 4.78 is 7.43.